The Balaban J connectivity index is 2.13. The first-order valence-corrected chi connectivity index (χ1v) is 11.2. The van der Waals surface area contributed by atoms with Crippen LogP contribution in [0.15, 0.2) is 17.1 Å². The summed E-state index contributed by atoms with van der Waals surface area (Å²) in [6, 6.07) is 2.86. The Hall–Kier alpha value is -1.16. The van der Waals surface area contributed by atoms with Crippen LogP contribution in [0.4, 0.5) is 5.69 Å². The molecule has 0 unspecified atom stereocenters. The molecule has 0 bridgehead atoms. The van der Waals surface area contributed by atoms with Gasteiger partial charge in [-0.2, -0.15) is 4.99 Å². The number of carbonyl (C=O) groups is 1. The average Bonchev–Trinajstić information content (AvgIpc) is 3.05. The van der Waals surface area contributed by atoms with Crippen molar-refractivity contribution in [3.8, 4) is 11.5 Å². The highest BCUT2D eigenvalue weighted by Gasteiger charge is 2.50. The van der Waals surface area contributed by atoms with Crippen molar-refractivity contribution >= 4 is 61.6 Å². The highest BCUT2D eigenvalue weighted by molar-refractivity contribution is 8.16. The predicted octanol–water partition coefficient (Wildman–Crippen LogP) is 2.20. The molecule has 2 aliphatic heterocycles. The second-order valence-electron chi connectivity index (χ2n) is 5.75. The van der Waals surface area contributed by atoms with E-state index in [9.17, 15) is 13.2 Å². The number of anilines is 1. The van der Waals surface area contributed by atoms with Crippen molar-refractivity contribution in [2.24, 2.45) is 4.99 Å². The highest BCUT2D eigenvalue weighted by Crippen LogP contribution is 2.46. The quantitative estimate of drug-likeness (QED) is 0.665. The zero-order valence-electron chi connectivity index (χ0n) is 13.9. The molecule has 0 aromatic heterocycles. The van der Waals surface area contributed by atoms with E-state index in [1.54, 1.807) is 17.0 Å². The number of rotatable bonds is 4. The molecule has 0 aliphatic carbocycles. The second kappa shape index (κ2) is 7.46. The van der Waals surface area contributed by atoms with Gasteiger partial charge < -0.3 is 14.4 Å². The summed E-state index contributed by atoms with van der Waals surface area (Å²) in [5.74, 6) is 0.0879. The number of fused-ring (bicyclic) bond motifs is 1. The van der Waals surface area contributed by atoms with Gasteiger partial charge in [-0.3, -0.25) is 4.79 Å². The third-order valence-electron chi connectivity index (χ3n) is 4.11. The van der Waals surface area contributed by atoms with Crippen LogP contribution in [-0.2, 0) is 14.6 Å². The molecule has 2 fully saturated rings. The van der Waals surface area contributed by atoms with Crippen LogP contribution in [-0.4, -0.2) is 62.4 Å². The number of hydrogen-bond acceptors (Lipinski definition) is 6. The predicted molar refractivity (Wildman–Crippen MR) is 104 cm³/mol. The van der Waals surface area contributed by atoms with E-state index in [2.05, 4.69) is 4.99 Å². The molecule has 11 heteroatoms. The smallest absolute Gasteiger partial charge is 0.262 e. The number of nitrogens with zero attached hydrogens (tertiary/aromatic N) is 2. The number of thioether (sulfide) groups is 1. The van der Waals surface area contributed by atoms with Crippen molar-refractivity contribution in [1.29, 1.82) is 0 Å². The summed E-state index contributed by atoms with van der Waals surface area (Å²) < 4.78 is 34.8. The summed E-state index contributed by atoms with van der Waals surface area (Å²) >= 11 is 13.1. The fourth-order valence-electron chi connectivity index (χ4n) is 3.02. The number of sulfone groups is 1. The third kappa shape index (κ3) is 3.62. The van der Waals surface area contributed by atoms with Crippen molar-refractivity contribution < 1.29 is 22.7 Å². The molecule has 0 N–H and O–H groups in total. The standard InChI is InChI=1S/C15H16Cl2N2O5S2/c1-23-11-4-12(24-2)9(3-8(11)17)19-10-6-26(21,22)7-13(10)25-15(19)18-14(20)5-16/h3-4,10,13H,5-7H2,1-2H3/t10-,13+/m0/s1. The molecular weight excluding hydrogens is 423 g/mol. The van der Waals surface area contributed by atoms with E-state index >= 15 is 0 Å². The molecule has 2 atom stereocenters. The van der Waals surface area contributed by atoms with Crippen LogP contribution in [0.2, 0.25) is 5.02 Å². The Morgan fingerprint density at radius 2 is 2.00 bits per heavy atom. The number of ether oxygens (including phenoxy) is 2. The lowest BCUT2D eigenvalue weighted by atomic mass is 10.2. The first-order chi connectivity index (χ1) is 12.3. The fraction of sp³-hybridized carbons (Fsp3) is 0.467. The second-order valence-corrected chi connectivity index (χ2v) is 9.79. The molecule has 3 rings (SSSR count). The van der Waals surface area contributed by atoms with E-state index < -0.39 is 15.7 Å². The molecule has 2 heterocycles. The normalized spacial score (nSPS) is 25.4. The van der Waals surface area contributed by atoms with Gasteiger partial charge in [0.1, 0.15) is 17.4 Å². The molecule has 1 amide bonds. The topological polar surface area (TPSA) is 85.3 Å². The summed E-state index contributed by atoms with van der Waals surface area (Å²) in [6.45, 7) is 0. The molecule has 1 aromatic carbocycles. The SMILES string of the molecule is COc1cc(OC)c(N2C(=NC(=O)CCl)S[C@@H]3CS(=O)(=O)C[C@@H]32)cc1Cl. The van der Waals surface area contributed by atoms with E-state index in [1.165, 1.54) is 26.0 Å². The Labute approximate surface area is 165 Å². The van der Waals surface area contributed by atoms with E-state index in [0.29, 0.717) is 27.4 Å². The van der Waals surface area contributed by atoms with Crippen molar-refractivity contribution in [3.05, 3.63) is 17.2 Å². The zero-order chi connectivity index (χ0) is 19.1. The number of amidine groups is 1. The molecule has 0 radical (unpaired) electrons. The fourth-order valence-corrected chi connectivity index (χ4v) is 7.23. The maximum Gasteiger partial charge on any atom is 0.262 e. The number of alkyl halides is 1. The molecule has 0 saturated carbocycles. The highest BCUT2D eigenvalue weighted by atomic mass is 35.5. The number of amides is 1. The van der Waals surface area contributed by atoms with Gasteiger partial charge in [0.05, 0.1) is 42.5 Å². The average molecular weight is 439 g/mol. The molecule has 26 heavy (non-hydrogen) atoms. The minimum atomic E-state index is -3.17. The van der Waals surface area contributed by atoms with E-state index in [-0.39, 0.29) is 28.7 Å². The maximum atomic E-state index is 12.1. The number of halogens is 2. The zero-order valence-corrected chi connectivity index (χ0v) is 17.1. The third-order valence-corrected chi connectivity index (χ3v) is 7.85. The van der Waals surface area contributed by atoms with Crippen LogP contribution < -0.4 is 14.4 Å². The van der Waals surface area contributed by atoms with Gasteiger partial charge in [0.25, 0.3) is 5.91 Å². The van der Waals surface area contributed by atoms with Gasteiger partial charge in [-0.25, -0.2) is 8.42 Å². The Kier molecular flexibility index (Phi) is 5.62. The minimum absolute atomic E-state index is 0.0269. The summed E-state index contributed by atoms with van der Waals surface area (Å²) in [4.78, 5) is 17.5. The van der Waals surface area contributed by atoms with Crippen molar-refractivity contribution in [1.82, 2.24) is 0 Å². The van der Waals surface area contributed by atoms with Gasteiger partial charge >= 0.3 is 0 Å². The van der Waals surface area contributed by atoms with Crippen LogP contribution in [0, 0.1) is 0 Å². The van der Waals surface area contributed by atoms with Crippen LogP contribution in [0.25, 0.3) is 0 Å². The molecular formula is C15H16Cl2N2O5S2. The van der Waals surface area contributed by atoms with Gasteiger partial charge in [-0.1, -0.05) is 23.4 Å². The van der Waals surface area contributed by atoms with Gasteiger partial charge in [-0.05, 0) is 6.07 Å². The van der Waals surface area contributed by atoms with Gasteiger partial charge in [0.15, 0.2) is 15.0 Å². The molecule has 142 valence electrons. The maximum absolute atomic E-state index is 12.1. The Bertz CT molecular complexity index is 875. The van der Waals surface area contributed by atoms with E-state index in [1.807, 2.05) is 0 Å². The van der Waals surface area contributed by atoms with Crippen molar-refractivity contribution in [2.45, 2.75) is 11.3 Å². The largest absolute Gasteiger partial charge is 0.495 e. The molecule has 0 spiro atoms. The van der Waals surface area contributed by atoms with Crippen LogP contribution in [0.1, 0.15) is 0 Å². The van der Waals surface area contributed by atoms with Crippen LogP contribution >= 0.6 is 35.0 Å². The summed E-state index contributed by atoms with van der Waals surface area (Å²) in [6.07, 6.45) is 0. The number of carbonyl (C=O) groups excluding carboxylic acids is 1. The van der Waals surface area contributed by atoms with E-state index in [4.69, 9.17) is 32.7 Å². The molecule has 2 aliphatic rings. The summed E-state index contributed by atoms with van der Waals surface area (Å²) in [5, 5.41) is 0.494. The van der Waals surface area contributed by atoms with Crippen LogP contribution in [0.3, 0.4) is 0 Å². The lowest BCUT2D eigenvalue weighted by Crippen LogP contribution is -2.38. The lowest BCUT2D eigenvalue weighted by molar-refractivity contribution is -0.115. The van der Waals surface area contributed by atoms with Gasteiger partial charge in [-0.15, -0.1) is 11.6 Å². The monoisotopic (exact) mass is 438 g/mol. The number of aliphatic imine (C=N–C) groups is 1. The number of methoxy groups -OCH3 is 2. The molecule has 7 nitrogen and oxygen atoms in total. The molecule has 2 saturated heterocycles. The minimum Gasteiger partial charge on any atom is -0.495 e. The Morgan fingerprint density at radius 3 is 2.62 bits per heavy atom. The summed E-state index contributed by atoms with van der Waals surface area (Å²) in [5.41, 5.74) is 0.525. The molecule has 1 aromatic rings. The number of hydrogen-bond donors (Lipinski definition) is 0. The van der Waals surface area contributed by atoms with Gasteiger partial charge in [0, 0.05) is 11.3 Å². The summed E-state index contributed by atoms with van der Waals surface area (Å²) in [7, 11) is -0.205. The Morgan fingerprint density at radius 1 is 1.31 bits per heavy atom. The first kappa shape index (κ1) is 19.6. The van der Waals surface area contributed by atoms with E-state index in [0.717, 1.165) is 0 Å². The number of benzene rings is 1. The van der Waals surface area contributed by atoms with Gasteiger partial charge in [0.2, 0.25) is 0 Å². The first-order valence-electron chi connectivity index (χ1n) is 7.55. The van der Waals surface area contributed by atoms with Crippen molar-refractivity contribution in [2.75, 3.05) is 36.5 Å². The van der Waals surface area contributed by atoms with Crippen LogP contribution in [0.5, 0.6) is 11.5 Å². The van der Waals surface area contributed by atoms with Crippen molar-refractivity contribution in [3.63, 3.8) is 0 Å². The lowest BCUT2D eigenvalue weighted by Gasteiger charge is -2.26.